The van der Waals surface area contributed by atoms with E-state index in [9.17, 15) is 5.11 Å². The van der Waals surface area contributed by atoms with Crippen LogP contribution in [0.1, 0.15) is 35.7 Å². The number of hydrogen-bond acceptors (Lipinski definition) is 8. The number of β-amino-alcohol motifs (C(OH)–C–C–N with tert-alkyl or cyclic N) is 1. The molecule has 0 radical (unpaired) electrons. The predicted octanol–water partition coefficient (Wildman–Crippen LogP) is 0.502. The smallest absolute Gasteiger partial charge is 0.270 e. The number of hydrogen-bond donors (Lipinski definition) is 2. The molecule has 0 bridgehead atoms. The monoisotopic (exact) mass is 327 g/mol. The number of morpholine rings is 1. The molecule has 1 aliphatic heterocycles. The van der Waals surface area contributed by atoms with Gasteiger partial charge < -0.3 is 24.8 Å². The van der Waals surface area contributed by atoms with E-state index in [1.165, 1.54) is 4.90 Å². The second-order valence-corrected chi connectivity index (χ2v) is 5.00. The molecule has 120 valence electrons. The maximum Gasteiger partial charge on any atom is 0.270 e. The third kappa shape index (κ3) is 5.39. The van der Waals surface area contributed by atoms with E-state index in [0.717, 1.165) is 6.92 Å². The van der Waals surface area contributed by atoms with E-state index >= 15 is 0 Å². The first kappa shape index (κ1) is 7.08. The minimum absolute atomic E-state index is 0.0235. The summed E-state index contributed by atoms with van der Waals surface area (Å²) in [6, 6.07) is 0. The van der Waals surface area contributed by atoms with Gasteiger partial charge in [-0.25, -0.2) is 0 Å². The van der Waals surface area contributed by atoms with Crippen LogP contribution in [0.3, 0.4) is 0 Å². The molecule has 8 heteroatoms. The van der Waals surface area contributed by atoms with Crippen molar-refractivity contribution in [2.75, 3.05) is 44.3 Å². The largest absolute Gasteiger partial charge is 0.472 e. The number of nitrogens with zero attached hydrogens (tertiary/aromatic N) is 3. The van der Waals surface area contributed by atoms with Crippen molar-refractivity contribution in [3.8, 4) is 5.88 Å². The van der Waals surface area contributed by atoms with Crippen molar-refractivity contribution in [3.63, 3.8) is 0 Å². The lowest BCUT2D eigenvalue weighted by Gasteiger charge is -2.27. The number of rotatable bonds is 6. The molecular formula is C13H24N4O3S. The molecule has 1 aliphatic rings. The van der Waals surface area contributed by atoms with E-state index in [1.807, 2.05) is 0 Å². The highest BCUT2D eigenvalue weighted by Gasteiger charge is 2.21. The lowest BCUT2D eigenvalue weighted by atomic mass is 10.1. The van der Waals surface area contributed by atoms with Crippen molar-refractivity contribution in [2.45, 2.75) is 32.2 Å². The van der Waals surface area contributed by atoms with Crippen LogP contribution in [-0.2, 0) is 4.74 Å². The number of nitrogens with one attached hydrogen (secondary N) is 1. The van der Waals surface area contributed by atoms with Gasteiger partial charge in [-0.3, -0.25) is 0 Å². The van der Waals surface area contributed by atoms with Gasteiger partial charge in [-0.1, -0.05) is 0 Å². The first-order valence-electron chi connectivity index (χ1n) is 11.6. The number of aromatic nitrogens is 2. The average molecular weight is 327 g/mol. The molecule has 1 saturated heterocycles. The van der Waals surface area contributed by atoms with Gasteiger partial charge in [-0.2, -0.15) is 4.37 Å². The van der Waals surface area contributed by atoms with Crippen LogP contribution in [0.2, 0.25) is 0 Å². The van der Waals surface area contributed by atoms with Gasteiger partial charge in [0.2, 0.25) is 5.82 Å². The quantitative estimate of drug-likeness (QED) is 0.787. The number of ether oxygens (including phenoxy) is 2. The summed E-state index contributed by atoms with van der Waals surface area (Å²) in [5.74, 6) is -0.229. The van der Waals surface area contributed by atoms with E-state index in [4.69, 9.17) is 24.6 Å². The standard InChI is InChI=1S/C13H24N4O3S/c1-13(2,3)14-8-10(18)9-20-12-11(15-21-16-12)17-4-6-19-7-5-17/h10,14,18H,4-9H2,1-3H3/t10-/m0/s1/i1D3,2D3,6D2,7D2,10D. The van der Waals surface area contributed by atoms with E-state index in [2.05, 4.69) is 14.1 Å². The van der Waals surface area contributed by atoms with Crippen molar-refractivity contribution < 1.29 is 29.7 Å². The Bertz CT molecular complexity index is 769. The summed E-state index contributed by atoms with van der Waals surface area (Å²) < 4.78 is 102. The zero-order chi connectivity index (χ0) is 24.8. The third-order valence-corrected chi connectivity index (χ3v) is 2.92. The van der Waals surface area contributed by atoms with Crippen LogP contribution in [0.5, 0.6) is 5.88 Å². The Kier molecular flexibility index (Phi) is 2.48. The Labute approximate surface area is 145 Å². The Balaban J connectivity index is 2.09. The first-order chi connectivity index (χ1) is 14.2. The molecule has 1 aromatic rings. The molecule has 0 aromatic carbocycles. The highest BCUT2D eigenvalue weighted by molar-refractivity contribution is 6.99. The van der Waals surface area contributed by atoms with E-state index in [0.29, 0.717) is 11.7 Å². The van der Waals surface area contributed by atoms with Crippen LogP contribution in [-0.4, -0.2) is 64.8 Å². The van der Waals surface area contributed by atoms with Gasteiger partial charge in [-0.15, -0.1) is 4.37 Å². The zero-order valence-electron chi connectivity index (χ0n) is 22.3. The molecule has 1 atom stereocenters. The lowest BCUT2D eigenvalue weighted by Crippen LogP contribution is -2.42. The maximum absolute atomic E-state index is 10.3. The fourth-order valence-corrected chi connectivity index (χ4v) is 1.94. The lowest BCUT2D eigenvalue weighted by molar-refractivity contribution is 0.0975. The first-order valence-corrected chi connectivity index (χ1v) is 6.79. The highest BCUT2D eigenvalue weighted by Crippen LogP contribution is 2.26. The molecule has 1 fully saturated rings. The second-order valence-electron chi connectivity index (χ2n) is 4.47. The van der Waals surface area contributed by atoms with Crippen LogP contribution in [0.4, 0.5) is 5.82 Å². The Morgan fingerprint density at radius 3 is 3.10 bits per heavy atom. The van der Waals surface area contributed by atoms with Gasteiger partial charge in [0.1, 0.15) is 12.7 Å². The molecule has 1 aromatic heterocycles. The summed E-state index contributed by atoms with van der Waals surface area (Å²) in [4.78, 5) is 1.21. The van der Waals surface area contributed by atoms with E-state index < -0.39 is 51.6 Å². The molecule has 0 amide bonds. The molecule has 0 saturated carbocycles. The Morgan fingerprint density at radius 1 is 1.62 bits per heavy atom. The van der Waals surface area contributed by atoms with Gasteiger partial charge in [0.05, 0.1) is 31.7 Å². The van der Waals surface area contributed by atoms with Crippen LogP contribution in [0.25, 0.3) is 0 Å². The second kappa shape index (κ2) is 7.35. The summed E-state index contributed by atoms with van der Waals surface area (Å²) in [5, 5.41) is 12.5. The van der Waals surface area contributed by atoms with Crippen LogP contribution in [0.15, 0.2) is 0 Å². The molecule has 2 rings (SSSR count). The van der Waals surface area contributed by atoms with Crippen molar-refractivity contribution >= 4 is 17.5 Å². The van der Waals surface area contributed by atoms with Crippen molar-refractivity contribution in [2.24, 2.45) is 0 Å². The fraction of sp³-hybridized carbons (Fsp3) is 0.846. The molecule has 2 N–H and O–H groups in total. The summed E-state index contributed by atoms with van der Waals surface area (Å²) in [6.07, 6.45) is -2.47. The molecule has 0 aliphatic carbocycles. The van der Waals surface area contributed by atoms with Gasteiger partial charge in [0, 0.05) is 33.4 Å². The highest BCUT2D eigenvalue weighted by atomic mass is 32.1. The minimum atomic E-state index is -2.96. The van der Waals surface area contributed by atoms with Gasteiger partial charge in [0.15, 0.2) is 0 Å². The molecular weight excluding hydrogens is 292 g/mol. The van der Waals surface area contributed by atoms with Crippen LogP contribution in [0, 0.1) is 0 Å². The third-order valence-electron chi connectivity index (χ3n) is 2.42. The SMILES string of the molecule is [2H]C1([2H])CN(c2nsnc2OC[C@@]([2H])(O)CNC(C)(C([2H])([2H])[2H])C([2H])([2H])[2H])CC([2H])([2H])O1. The molecule has 7 nitrogen and oxygen atoms in total. The number of anilines is 1. The van der Waals surface area contributed by atoms with Crippen molar-refractivity contribution in [1.82, 2.24) is 14.1 Å². The Morgan fingerprint density at radius 2 is 2.38 bits per heavy atom. The summed E-state index contributed by atoms with van der Waals surface area (Å²) in [7, 11) is 0. The van der Waals surface area contributed by atoms with Crippen LogP contribution >= 0.6 is 11.7 Å². The summed E-state index contributed by atoms with van der Waals surface area (Å²) >= 11 is 0.675. The molecule has 0 unspecified atom stereocenters. The van der Waals surface area contributed by atoms with E-state index in [1.54, 1.807) is 0 Å². The predicted molar refractivity (Wildman–Crippen MR) is 82.2 cm³/mol. The molecule has 0 spiro atoms. The molecule has 21 heavy (non-hydrogen) atoms. The van der Waals surface area contributed by atoms with Crippen molar-refractivity contribution in [3.05, 3.63) is 0 Å². The normalized spacial score (nSPS) is 33.0. The number of aliphatic hydroxyl groups is 1. The maximum atomic E-state index is 10.3. The molecule has 2 heterocycles. The zero-order valence-corrected chi connectivity index (χ0v) is 12.2. The minimum Gasteiger partial charge on any atom is -0.472 e. The summed E-state index contributed by atoms with van der Waals surface area (Å²) in [6.45, 7) is -11.9. The summed E-state index contributed by atoms with van der Waals surface area (Å²) in [5.41, 5.74) is -2.40. The van der Waals surface area contributed by atoms with E-state index in [-0.39, 0.29) is 24.8 Å². The topological polar surface area (TPSA) is 79.7 Å². The van der Waals surface area contributed by atoms with Gasteiger partial charge >= 0.3 is 0 Å². The Hall–Kier alpha value is -0.960. The van der Waals surface area contributed by atoms with Crippen LogP contribution < -0.4 is 15.0 Å². The van der Waals surface area contributed by atoms with Gasteiger partial charge in [-0.05, 0) is 20.6 Å². The fourth-order valence-electron chi connectivity index (χ4n) is 1.42. The van der Waals surface area contributed by atoms with Gasteiger partial charge in [0.25, 0.3) is 5.88 Å². The average Bonchev–Trinajstić information content (AvgIpc) is 3.02. The van der Waals surface area contributed by atoms with Crippen molar-refractivity contribution in [1.29, 1.82) is 0 Å².